The van der Waals surface area contributed by atoms with Crippen molar-refractivity contribution in [3.63, 3.8) is 0 Å². The van der Waals surface area contributed by atoms with Gasteiger partial charge >= 0.3 is 0 Å². The Bertz CT molecular complexity index is 862. The van der Waals surface area contributed by atoms with Crippen LogP contribution in [0.4, 0.5) is 5.82 Å². The van der Waals surface area contributed by atoms with Crippen LogP contribution in [0, 0.1) is 5.92 Å². The third-order valence-corrected chi connectivity index (χ3v) is 4.66. The first kappa shape index (κ1) is 16.0. The molecule has 4 heterocycles. The van der Waals surface area contributed by atoms with Gasteiger partial charge in [-0.2, -0.15) is 5.10 Å². The summed E-state index contributed by atoms with van der Waals surface area (Å²) in [6, 6.07) is 10.7. The molecule has 1 saturated heterocycles. The van der Waals surface area contributed by atoms with Gasteiger partial charge in [0.25, 0.3) is 0 Å². The van der Waals surface area contributed by atoms with E-state index in [1.807, 2.05) is 18.2 Å². The predicted octanol–water partition coefficient (Wildman–Crippen LogP) is 3.09. The van der Waals surface area contributed by atoms with Gasteiger partial charge in [-0.25, -0.2) is 9.97 Å². The number of aromatic amines is 1. The molecule has 0 unspecified atom stereocenters. The molecule has 0 aromatic carbocycles. The quantitative estimate of drug-likeness (QED) is 0.765. The Hall–Kier alpha value is -2.47. The number of nitrogens with one attached hydrogen (secondary N) is 2. The van der Waals surface area contributed by atoms with Crippen molar-refractivity contribution in [2.45, 2.75) is 26.3 Å². The first-order valence-electron chi connectivity index (χ1n) is 8.95. The second-order valence-corrected chi connectivity index (χ2v) is 7.08. The predicted molar refractivity (Wildman–Crippen MR) is 103 cm³/mol. The summed E-state index contributed by atoms with van der Waals surface area (Å²) in [5.41, 5.74) is 2.56. The summed E-state index contributed by atoms with van der Waals surface area (Å²) < 4.78 is 0. The monoisotopic (exact) mass is 338 g/mol. The van der Waals surface area contributed by atoms with E-state index >= 15 is 0 Å². The molecule has 3 aromatic heterocycles. The zero-order chi connectivity index (χ0) is 17.2. The Morgan fingerprint density at radius 1 is 1.28 bits per heavy atom. The van der Waals surface area contributed by atoms with E-state index in [-0.39, 0.29) is 1.43 Å². The molecule has 25 heavy (non-hydrogen) atoms. The van der Waals surface area contributed by atoms with Crippen molar-refractivity contribution < 1.29 is 1.43 Å². The maximum absolute atomic E-state index is 4.90. The SMILES string of the molecule is CC(C)C[C@@H]1CN(c2cccc(-c3[nH]nc4ncccc34)n2)CCN1.[HH]. The Morgan fingerprint density at radius 2 is 2.20 bits per heavy atom. The maximum Gasteiger partial charge on any atom is 0.181 e. The summed E-state index contributed by atoms with van der Waals surface area (Å²) in [6.07, 6.45) is 2.94. The smallest absolute Gasteiger partial charge is 0.181 e. The number of rotatable bonds is 4. The molecule has 2 N–H and O–H groups in total. The maximum atomic E-state index is 4.90. The van der Waals surface area contributed by atoms with Crippen LogP contribution in [0.1, 0.15) is 21.7 Å². The van der Waals surface area contributed by atoms with Crippen LogP contribution in [0.5, 0.6) is 0 Å². The number of pyridine rings is 2. The van der Waals surface area contributed by atoms with E-state index in [1.54, 1.807) is 6.20 Å². The van der Waals surface area contributed by atoms with Crippen molar-refractivity contribution in [2.75, 3.05) is 24.5 Å². The summed E-state index contributed by atoms with van der Waals surface area (Å²) in [5, 5.41) is 12.0. The summed E-state index contributed by atoms with van der Waals surface area (Å²) >= 11 is 0. The highest BCUT2D eigenvalue weighted by Crippen LogP contribution is 2.26. The fourth-order valence-corrected chi connectivity index (χ4v) is 3.54. The van der Waals surface area contributed by atoms with E-state index in [9.17, 15) is 0 Å². The molecule has 6 nitrogen and oxygen atoms in total. The average molecular weight is 338 g/mol. The van der Waals surface area contributed by atoms with E-state index in [1.165, 1.54) is 6.42 Å². The zero-order valence-corrected chi connectivity index (χ0v) is 14.7. The first-order valence-corrected chi connectivity index (χ1v) is 8.95. The number of fused-ring (bicyclic) bond motifs is 1. The fourth-order valence-electron chi connectivity index (χ4n) is 3.54. The van der Waals surface area contributed by atoms with E-state index in [4.69, 9.17) is 4.98 Å². The molecule has 6 heteroatoms. The van der Waals surface area contributed by atoms with Crippen LogP contribution >= 0.6 is 0 Å². The van der Waals surface area contributed by atoms with Gasteiger partial charge in [0.2, 0.25) is 0 Å². The fraction of sp³-hybridized carbons (Fsp3) is 0.421. The highest BCUT2D eigenvalue weighted by atomic mass is 15.2. The molecule has 3 aromatic rings. The standard InChI is InChI=1S/C19H24N6.H2/c1-13(2)11-14-12-25(10-9-20-14)17-7-3-6-16(22-17)18-15-5-4-8-21-19(15)24-23-18;/h3-8,13-14,20H,9-12H2,1-2H3,(H,21,23,24);1H/t14-;/m1./s1. The van der Waals surface area contributed by atoms with Gasteiger partial charge in [0.15, 0.2) is 5.65 Å². The molecule has 1 fully saturated rings. The largest absolute Gasteiger partial charge is 0.354 e. The van der Waals surface area contributed by atoms with Gasteiger partial charge in [-0.05, 0) is 36.6 Å². The van der Waals surface area contributed by atoms with E-state index in [0.29, 0.717) is 12.0 Å². The van der Waals surface area contributed by atoms with Gasteiger partial charge in [-0.1, -0.05) is 19.9 Å². The van der Waals surface area contributed by atoms with Crippen molar-refractivity contribution in [3.8, 4) is 11.4 Å². The highest BCUT2D eigenvalue weighted by molar-refractivity contribution is 5.89. The lowest BCUT2D eigenvalue weighted by molar-refractivity contribution is 0.387. The second kappa shape index (κ2) is 6.80. The zero-order valence-electron chi connectivity index (χ0n) is 14.7. The van der Waals surface area contributed by atoms with E-state index < -0.39 is 0 Å². The average Bonchev–Trinajstić information content (AvgIpc) is 3.06. The molecule has 1 aliphatic heterocycles. The number of anilines is 1. The minimum absolute atomic E-state index is 0. The molecule has 0 amide bonds. The molecule has 1 atom stereocenters. The second-order valence-electron chi connectivity index (χ2n) is 7.08. The minimum atomic E-state index is 0. The van der Waals surface area contributed by atoms with Crippen LogP contribution in [0.15, 0.2) is 36.5 Å². The van der Waals surface area contributed by atoms with Gasteiger partial charge < -0.3 is 10.2 Å². The topological polar surface area (TPSA) is 69.7 Å². The van der Waals surface area contributed by atoms with Gasteiger partial charge in [-0.3, -0.25) is 5.10 Å². The van der Waals surface area contributed by atoms with E-state index in [0.717, 1.165) is 47.9 Å². The minimum Gasteiger partial charge on any atom is -0.354 e. The Kier molecular flexibility index (Phi) is 4.36. The lowest BCUT2D eigenvalue weighted by Gasteiger charge is -2.35. The third kappa shape index (κ3) is 3.35. The number of piperazine rings is 1. The normalized spacial score (nSPS) is 18.2. The molecule has 132 valence electrons. The lowest BCUT2D eigenvalue weighted by Crippen LogP contribution is -2.51. The van der Waals surface area contributed by atoms with Crippen LogP contribution in [-0.2, 0) is 0 Å². The van der Waals surface area contributed by atoms with Gasteiger partial charge in [0.05, 0.1) is 11.4 Å². The van der Waals surface area contributed by atoms with Crippen LogP contribution in [0.2, 0.25) is 0 Å². The van der Waals surface area contributed by atoms with Crippen LogP contribution in [0.3, 0.4) is 0 Å². The molecule has 1 aliphatic rings. The first-order chi connectivity index (χ1) is 12.2. The molecule has 0 spiro atoms. The number of hydrogen-bond acceptors (Lipinski definition) is 5. The number of H-pyrrole nitrogens is 1. The van der Waals surface area contributed by atoms with Crippen molar-refractivity contribution in [1.82, 2.24) is 25.5 Å². The number of nitrogens with zero attached hydrogens (tertiary/aromatic N) is 4. The van der Waals surface area contributed by atoms with Crippen molar-refractivity contribution in [2.24, 2.45) is 5.92 Å². The van der Waals surface area contributed by atoms with Crippen LogP contribution in [0.25, 0.3) is 22.4 Å². The molecule has 0 saturated carbocycles. The molecule has 0 radical (unpaired) electrons. The number of hydrogen-bond donors (Lipinski definition) is 2. The summed E-state index contributed by atoms with van der Waals surface area (Å²) in [7, 11) is 0. The van der Waals surface area contributed by atoms with E-state index in [2.05, 4.69) is 51.4 Å². The Labute approximate surface area is 149 Å². The summed E-state index contributed by atoms with van der Waals surface area (Å²) in [4.78, 5) is 11.6. The number of aromatic nitrogens is 4. The molecule has 0 aliphatic carbocycles. The van der Waals surface area contributed by atoms with Crippen molar-refractivity contribution in [3.05, 3.63) is 36.5 Å². The summed E-state index contributed by atoms with van der Waals surface area (Å²) in [5.74, 6) is 1.72. The van der Waals surface area contributed by atoms with Gasteiger partial charge in [-0.15, -0.1) is 0 Å². The Balaban J connectivity index is 0.00000196. The Morgan fingerprint density at radius 3 is 3.08 bits per heavy atom. The van der Waals surface area contributed by atoms with Crippen LogP contribution < -0.4 is 10.2 Å². The molecule has 4 rings (SSSR count). The molecular formula is C19H26N6. The van der Waals surface area contributed by atoms with Crippen LogP contribution in [-0.4, -0.2) is 45.8 Å². The lowest BCUT2D eigenvalue weighted by atomic mass is 10.0. The summed E-state index contributed by atoms with van der Waals surface area (Å²) in [6.45, 7) is 7.53. The molecule has 0 bridgehead atoms. The molecular weight excluding hydrogens is 312 g/mol. The highest BCUT2D eigenvalue weighted by Gasteiger charge is 2.21. The van der Waals surface area contributed by atoms with Crippen molar-refractivity contribution in [1.29, 1.82) is 0 Å². The third-order valence-electron chi connectivity index (χ3n) is 4.66. The van der Waals surface area contributed by atoms with Crippen molar-refractivity contribution >= 4 is 16.9 Å². The van der Waals surface area contributed by atoms with Gasteiger partial charge in [0.1, 0.15) is 5.82 Å². The van der Waals surface area contributed by atoms with Gasteiger partial charge in [0, 0.05) is 38.7 Å².